The number of imidazole rings is 1. The summed E-state index contributed by atoms with van der Waals surface area (Å²) < 4.78 is 0. The van der Waals surface area contributed by atoms with Crippen LogP contribution in [0.15, 0.2) is 30.1 Å². The van der Waals surface area contributed by atoms with Crippen LogP contribution >= 0.6 is 0 Å². The highest BCUT2D eigenvalue weighted by molar-refractivity contribution is 5.80. The van der Waals surface area contributed by atoms with Crippen molar-refractivity contribution in [3.63, 3.8) is 0 Å². The van der Waals surface area contributed by atoms with Crippen LogP contribution in [0, 0.1) is 5.92 Å². The zero-order chi connectivity index (χ0) is 21.8. The second kappa shape index (κ2) is 12.8. The Morgan fingerprint density at radius 3 is 2.77 bits per heavy atom. The minimum Gasteiger partial charge on any atom is -0.395 e. The number of aliphatic hydroxyl groups is 1. The highest BCUT2D eigenvalue weighted by Crippen LogP contribution is 2.26. The molecule has 1 aliphatic carbocycles. The molecule has 0 aliphatic heterocycles. The number of carbonyl (C=O) groups excluding carboxylic acids is 1. The molecule has 0 atom stereocenters. The molecular formula is C22H34N6O2. The third kappa shape index (κ3) is 7.96. The number of H-pyrrole nitrogens is 2. The van der Waals surface area contributed by atoms with E-state index in [1.54, 1.807) is 6.20 Å². The number of hydrogen-bond acceptors (Lipinski definition) is 5. The Kier molecular flexibility index (Phi) is 10.0. The van der Waals surface area contributed by atoms with Crippen molar-refractivity contribution in [2.45, 2.75) is 40.0 Å². The monoisotopic (exact) mass is 414 g/mol. The number of aliphatic hydroxyl groups excluding tert-OH is 1. The SMILES string of the molecule is C/C=C(\C/C=C\c1cnc(-c2[nH]ncc2NC=O)[nH]1)CN(CC)CCO.CC1CC1. The Bertz CT molecular complexity index is 819. The van der Waals surface area contributed by atoms with Crippen LogP contribution in [0.5, 0.6) is 0 Å². The van der Waals surface area contributed by atoms with E-state index in [4.69, 9.17) is 5.11 Å². The van der Waals surface area contributed by atoms with Crippen molar-refractivity contribution in [1.29, 1.82) is 0 Å². The van der Waals surface area contributed by atoms with Crippen LogP contribution in [-0.2, 0) is 4.79 Å². The Morgan fingerprint density at radius 2 is 2.17 bits per heavy atom. The lowest BCUT2D eigenvalue weighted by molar-refractivity contribution is -0.105. The van der Waals surface area contributed by atoms with Gasteiger partial charge >= 0.3 is 0 Å². The summed E-state index contributed by atoms with van der Waals surface area (Å²) in [6.45, 7) is 9.01. The van der Waals surface area contributed by atoms with Gasteiger partial charge in [0.05, 0.1) is 30.4 Å². The fourth-order valence-electron chi connectivity index (χ4n) is 2.74. The van der Waals surface area contributed by atoms with E-state index in [9.17, 15) is 4.79 Å². The van der Waals surface area contributed by atoms with E-state index in [0.717, 1.165) is 31.1 Å². The van der Waals surface area contributed by atoms with Crippen molar-refractivity contribution in [3.8, 4) is 11.5 Å². The van der Waals surface area contributed by atoms with Crippen LogP contribution in [0.2, 0.25) is 0 Å². The van der Waals surface area contributed by atoms with Gasteiger partial charge in [-0.25, -0.2) is 4.98 Å². The maximum absolute atomic E-state index is 10.6. The van der Waals surface area contributed by atoms with Gasteiger partial charge in [0.1, 0.15) is 5.69 Å². The van der Waals surface area contributed by atoms with Crippen molar-refractivity contribution >= 4 is 18.2 Å². The second-order valence-corrected chi connectivity index (χ2v) is 7.44. The number of carbonyl (C=O) groups is 1. The molecule has 1 aliphatic rings. The normalized spacial score (nSPS) is 14.1. The Balaban J connectivity index is 0.000000713. The first-order chi connectivity index (χ1) is 14.6. The van der Waals surface area contributed by atoms with Crippen LogP contribution in [0.3, 0.4) is 0 Å². The summed E-state index contributed by atoms with van der Waals surface area (Å²) in [5.41, 5.74) is 3.37. The molecule has 8 nitrogen and oxygen atoms in total. The van der Waals surface area contributed by atoms with E-state index >= 15 is 0 Å². The van der Waals surface area contributed by atoms with Crippen LogP contribution in [0.25, 0.3) is 17.6 Å². The van der Waals surface area contributed by atoms with Gasteiger partial charge in [0, 0.05) is 13.1 Å². The van der Waals surface area contributed by atoms with Crippen molar-refractivity contribution in [3.05, 3.63) is 35.8 Å². The highest BCUT2D eigenvalue weighted by Gasteiger charge is 2.12. The minimum absolute atomic E-state index is 0.173. The number of nitrogens with one attached hydrogen (secondary N) is 3. The molecule has 0 unspecified atom stereocenters. The molecule has 0 bridgehead atoms. The minimum atomic E-state index is 0.173. The number of aromatic nitrogens is 4. The molecule has 0 spiro atoms. The van der Waals surface area contributed by atoms with Gasteiger partial charge < -0.3 is 15.4 Å². The zero-order valence-electron chi connectivity index (χ0n) is 18.2. The predicted octanol–water partition coefficient (Wildman–Crippen LogP) is 3.45. The average Bonchev–Trinajstić information content (AvgIpc) is 3.20. The van der Waals surface area contributed by atoms with Gasteiger partial charge in [-0.2, -0.15) is 5.10 Å². The van der Waals surface area contributed by atoms with Crippen LogP contribution < -0.4 is 5.32 Å². The van der Waals surface area contributed by atoms with E-state index in [1.165, 1.54) is 24.6 Å². The molecule has 0 aromatic carbocycles. The van der Waals surface area contributed by atoms with Crippen LogP contribution in [0.4, 0.5) is 5.69 Å². The average molecular weight is 415 g/mol. The molecule has 2 heterocycles. The van der Waals surface area contributed by atoms with Gasteiger partial charge in [0.15, 0.2) is 5.82 Å². The van der Waals surface area contributed by atoms with Crippen LogP contribution in [0.1, 0.15) is 45.7 Å². The van der Waals surface area contributed by atoms with Gasteiger partial charge in [-0.15, -0.1) is 0 Å². The first-order valence-corrected chi connectivity index (χ1v) is 10.5. The molecule has 3 rings (SSSR count). The maximum Gasteiger partial charge on any atom is 0.211 e. The van der Waals surface area contributed by atoms with Gasteiger partial charge in [0.25, 0.3) is 0 Å². The molecule has 164 valence electrons. The Labute approximate surface area is 178 Å². The molecule has 30 heavy (non-hydrogen) atoms. The lowest BCUT2D eigenvalue weighted by atomic mass is 10.1. The summed E-state index contributed by atoms with van der Waals surface area (Å²) in [5, 5.41) is 18.4. The number of allylic oxidation sites excluding steroid dienone is 2. The topological polar surface area (TPSA) is 110 Å². The Morgan fingerprint density at radius 1 is 1.40 bits per heavy atom. The molecule has 0 radical (unpaired) electrons. The number of amides is 1. The summed E-state index contributed by atoms with van der Waals surface area (Å²) in [6.07, 6.45) is 13.8. The van der Waals surface area contributed by atoms with E-state index in [1.807, 2.05) is 13.0 Å². The first kappa shape index (κ1) is 23.6. The van der Waals surface area contributed by atoms with Gasteiger partial charge in [-0.3, -0.25) is 14.8 Å². The number of aromatic amines is 2. The molecule has 1 amide bonds. The predicted molar refractivity (Wildman–Crippen MR) is 121 cm³/mol. The van der Waals surface area contributed by atoms with Crippen molar-refractivity contribution in [2.75, 3.05) is 31.6 Å². The molecular weight excluding hydrogens is 380 g/mol. The molecule has 0 saturated heterocycles. The number of rotatable bonds is 11. The first-order valence-electron chi connectivity index (χ1n) is 10.5. The summed E-state index contributed by atoms with van der Waals surface area (Å²) in [4.78, 5) is 20.3. The molecule has 2 aromatic rings. The highest BCUT2D eigenvalue weighted by atomic mass is 16.3. The number of nitrogens with zero attached hydrogens (tertiary/aromatic N) is 3. The fourth-order valence-corrected chi connectivity index (χ4v) is 2.74. The lowest BCUT2D eigenvalue weighted by Crippen LogP contribution is -2.28. The second-order valence-electron chi connectivity index (χ2n) is 7.44. The summed E-state index contributed by atoms with van der Waals surface area (Å²) in [5.74, 6) is 1.69. The molecule has 8 heteroatoms. The largest absolute Gasteiger partial charge is 0.395 e. The van der Waals surface area contributed by atoms with Crippen molar-refractivity contribution in [1.82, 2.24) is 25.1 Å². The summed E-state index contributed by atoms with van der Waals surface area (Å²) in [7, 11) is 0. The van der Waals surface area contributed by atoms with E-state index in [2.05, 4.69) is 56.4 Å². The molecule has 1 fully saturated rings. The third-order valence-electron chi connectivity index (χ3n) is 4.93. The molecule has 2 aromatic heterocycles. The lowest BCUT2D eigenvalue weighted by Gasteiger charge is -2.20. The maximum atomic E-state index is 10.6. The van der Waals surface area contributed by atoms with Crippen molar-refractivity contribution in [2.24, 2.45) is 5.92 Å². The van der Waals surface area contributed by atoms with E-state index in [0.29, 0.717) is 30.2 Å². The van der Waals surface area contributed by atoms with E-state index < -0.39 is 0 Å². The summed E-state index contributed by atoms with van der Waals surface area (Å²) >= 11 is 0. The van der Waals surface area contributed by atoms with Gasteiger partial charge in [-0.1, -0.05) is 44.4 Å². The third-order valence-corrected chi connectivity index (χ3v) is 4.93. The molecule has 1 saturated carbocycles. The number of hydrogen-bond donors (Lipinski definition) is 4. The fraction of sp³-hybridized carbons (Fsp3) is 0.500. The number of likely N-dealkylation sites (N-methyl/N-ethyl adjacent to an activating group) is 1. The van der Waals surface area contributed by atoms with Gasteiger partial charge in [0.2, 0.25) is 6.41 Å². The van der Waals surface area contributed by atoms with Crippen LogP contribution in [-0.4, -0.2) is 62.8 Å². The quantitative estimate of drug-likeness (QED) is 0.333. The zero-order valence-corrected chi connectivity index (χ0v) is 18.2. The summed E-state index contributed by atoms with van der Waals surface area (Å²) in [6, 6.07) is 0. The Hall–Kier alpha value is -2.71. The van der Waals surface area contributed by atoms with Gasteiger partial charge in [-0.05, 0) is 31.9 Å². The van der Waals surface area contributed by atoms with Crippen molar-refractivity contribution < 1.29 is 9.90 Å². The standard InChI is InChI=1S/C18H26N6O2.C4H8/c1-3-14(12-24(4-2)8-9-25)6-5-7-15-10-19-18(22-15)17-16(20-13-26)11-21-23-17;1-4-2-3-4/h3,5,7,10-11,13,25H,4,6,8-9,12H2,1-2H3,(H,19,22)(H,20,26)(H,21,23);4H,2-3H2,1H3/b7-5-,14-3+;. The molecule has 4 N–H and O–H groups in total. The number of anilines is 1. The smallest absolute Gasteiger partial charge is 0.211 e. The van der Waals surface area contributed by atoms with E-state index in [-0.39, 0.29) is 6.61 Å².